The Kier molecular flexibility index (Phi) is 13.4. The van der Waals surface area contributed by atoms with Gasteiger partial charge in [0.05, 0.1) is 0 Å². The number of nitrogens with zero attached hydrogens (tertiary/aromatic N) is 2. The number of Topliss-reactive ketones (excluding diaryl/α,β-unsaturated/α-hetero) is 1. The van der Waals surface area contributed by atoms with Crippen LogP contribution >= 0.6 is 0 Å². The van der Waals surface area contributed by atoms with Gasteiger partial charge in [-0.1, -0.05) is 110 Å². The Morgan fingerprint density at radius 2 is 0.705 bits per heavy atom. The van der Waals surface area contributed by atoms with Gasteiger partial charge in [-0.05, 0) is 111 Å². The van der Waals surface area contributed by atoms with Crippen molar-refractivity contribution in [3.63, 3.8) is 0 Å². The standard InChI is InChI=1S/C41H52N2O/c1-42(2)31-35-19-27-39(28-20-35)37-23-15-33(16-24-37)11-7-5-9-13-41(44)14-10-6-8-12-34-17-25-38(26-18-34)40-29-21-36(22-30-40)32-43(3)4/h15-30H,5-14,31-32H2,1-4H3. The lowest BCUT2D eigenvalue weighted by atomic mass is 9.99. The summed E-state index contributed by atoms with van der Waals surface area (Å²) in [5, 5.41) is 0. The van der Waals surface area contributed by atoms with Crippen molar-refractivity contribution in [1.29, 1.82) is 0 Å². The molecule has 4 rings (SSSR count). The van der Waals surface area contributed by atoms with Gasteiger partial charge < -0.3 is 9.80 Å². The Labute approximate surface area is 266 Å². The molecule has 3 heteroatoms. The highest BCUT2D eigenvalue weighted by Crippen LogP contribution is 2.23. The highest BCUT2D eigenvalue weighted by atomic mass is 16.1. The molecule has 0 heterocycles. The number of aryl methyl sites for hydroxylation is 2. The van der Waals surface area contributed by atoms with Gasteiger partial charge in [0.2, 0.25) is 0 Å². The molecule has 4 aromatic rings. The van der Waals surface area contributed by atoms with Crippen molar-refractivity contribution in [3.8, 4) is 22.3 Å². The molecule has 0 amide bonds. The van der Waals surface area contributed by atoms with Crippen LogP contribution in [-0.4, -0.2) is 43.8 Å². The maximum atomic E-state index is 12.4. The zero-order chi connectivity index (χ0) is 31.1. The molecule has 4 aromatic carbocycles. The second kappa shape index (κ2) is 17.7. The number of ketones is 1. The molecule has 0 radical (unpaired) electrons. The van der Waals surface area contributed by atoms with Crippen molar-refractivity contribution in [3.05, 3.63) is 119 Å². The van der Waals surface area contributed by atoms with Gasteiger partial charge in [0.15, 0.2) is 0 Å². The van der Waals surface area contributed by atoms with E-state index < -0.39 is 0 Å². The summed E-state index contributed by atoms with van der Waals surface area (Å²) in [6, 6.07) is 35.7. The minimum atomic E-state index is 0.437. The van der Waals surface area contributed by atoms with Gasteiger partial charge in [0, 0.05) is 25.9 Å². The zero-order valence-electron chi connectivity index (χ0n) is 27.5. The fourth-order valence-corrected chi connectivity index (χ4v) is 5.84. The van der Waals surface area contributed by atoms with Gasteiger partial charge in [-0.2, -0.15) is 0 Å². The normalized spacial score (nSPS) is 11.4. The predicted octanol–water partition coefficient (Wildman–Crippen LogP) is 9.62. The highest BCUT2D eigenvalue weighted by Gasteiger charge is 2.05. The molecule has 44 heavy (non-hydrogen) atoms. The van der Waals surface area contributed by atoms with Crippen molar-refractivity contribution >= 4 is 5.78 Å². The molecular formula is C41H52N2O. The number of carbonyl (C=O) groups is 1. The fourth-order valence-electron chi connectivity index (χ4n) is 5.84. The first kappa shape index (κ1) is 33.4. The molecule has 0 aliphatic rings. The number of rotatable bonds is 18. The van der Waals surface area contributed by atoms with Gasteiger partial charge in [0.25, 0.3) is 0 Å². The average molecular weight is 589 g/mol. The van der Waals surface area contributed by atoms with Crippen molar-refractivity contribution < 1.29 is 4.79 Å². The van der Waals surface area contributed by atoms with Crippen LogP contribution in [0.3, 0.4) is 0 Å². The van der Waals surface area contributed by atoms with Gasteiger partial charge in [0.1, 0.15) is 5.78 Å². The first-order valence-electron chi connectivity index (χ1n) is 16.5. The topological polar surface area (TPSA) is 23.6 Å². The van der Waals surface area contributed by atoms with E-state index >= 15 is 0 Å². The number of hydrogen-bond acceptors (Lipinski definition) is 3. The van der Waals surface area contributed by atoms with Crippen molar-refractivity contribution in [2.75, 3.05) is 28.2 Å². The summed E-state index contributed by atoms with van der Waals surface area (Å²) in [6.45, 7) is 1.93. The van der Waals surface area contributed by atoms with E-state index in [-0.39, 0.29) is 0 Å². The molecule has 0 aromatic heterocycles. The lowest BCUT2D eigenvalue weighted by Crippen LogP contribution is -2.10. The van der Waals surface area contributed by atoms with E-state index in [9.17, 15) is 4.79 Å². The van der Waals surface area contributed by atoms with Crippen molar-refractivity contribution in [2.45, 2.75) is 77.3 Å². The van der Waals surface area contributed by atoms with Gasteiger partial charge in [-0.3, -0.25) is 4.79 Å². The minimum Gasteiger partial charge on any atom is -0.305 e. The number of unbranched alkanes of at least 4 members (excludes halogenated alkanes) is 4. The van der Waals surface area contributed by atoms with Crippen LogP contribution in [0.4, 0.5) is 0 Å². The Bertz CT molecular complexity index is 1280. The molecule has 0 unspecified atom stereocenters. The van der Waals surface area contributed by atoms with E-state index in [1.54, 1.807) is 0 Å². The molecule has 0 atom stereocenters. The second-order valence-electron chi connectivity index (χ2n) is 12.9. The van der Waals surface area contributed by atoms with Crippen molar-refractivity contribution in [1.82, 2.24) is 9.80 Å². The lowest BCUT2D eigenvalue weighted by Gasteiger charge is -2.10. The summed E-state index contributed by atoms with van der Waals surface area (Å²) in [4.78, 5) is 16.8. The molecule has 232 valence electrons. The van der Waals surface area contributed by atoms with E-state index in [0.29, 0.717) is 5.78 Å². The molecule has 0 saturated carbocycles. The minimum absolute atomic E-state index is 0.437. The Balaban J connectivity index is 1.04. The summed E-state index contributed by atoms with van der Waals surface area (Å²) in [6.07, 6.45) is 10.2. The Hall–Kier alpha value is -3.53. The van der Waals surface area contributed by atoms with E-state index in [0.717, 1.165) is 77.3 Å². The third-order valence-electron chi connectivity index (χ3n) is 8.32. The summed E-state index contributed by atoms with van der Waals surface area (Å²) >= 11 is 0. The van der Waals surface area contributed by atoms with E-state index in [4.69, 9.17) is 0 Å². The van der Waals surface area contributed by atoms with E-state index in [1.807, 2.05) is 0 Å². The van der Waals surface area contributed by atoms with Crippen LogP contribution in [0.25, 0.3) is 22.3 Å². The first-order chi connectivity index (χ1) is 21.4. The SMILES string of the molecule is CN(C)Cc1ccc(-c2ccc(CCCCCC(=O)CCCCCc3ccc(-c4ccc(CN(C)C)cc4)cc3)cc2)cc1. The largest absolute Gasteiger partial charge is 0.305 e. The monoisotopic (exact) mass is 588 g/mol. The molecule has 0 N–H and O–H groups in total. The molecular weight excluding hydrogens is 536 g/mol. The Morgan fingerprint density at radius 1 is 0.409 bits per heavy atom. The average Bonchev–Trinajstić information content (AvgIpc) is 3.02. The molecule has 0 saturated heterocycles. The predicted molar refractivity (Wildman–Crippen MR) is 188 cm³/mol. The number of benzene rings is 4. The van der Waals surface area contributed by atoms with Crippen LogP contribution in [0.5, 0.6) is 0 Å². The second-order valence-corrected chi connectivity index (χ2v) is 12.9. The molecule has 0 bridgehead atoms. The lowest BCUT2D eigenvalue weighted by molar-refractivity contribution is -0.119. The molecule has 0 fully saturated rings. The Morgan fingerprint density at radius 3 is 1.00 bits per heavy atom. The molecule has 0 aliphatic carbocycles. The quantitative estimate of drug-likeness (QED) is 0.108. The highest BCUT2D eigenvalue weighted by molar-refractivity contribution is 5.78. The van der Waals surface area contributed by atoms with Crippen LogP contribution in [0.15, 0.2) is 97.1 Å². The van der Waals surface area contributed by atoms with Gasteiger partial charge >= 0.3 is 0 Å². The van der Waals surface area contributed by atoms with Crippen LogP contribution in [-0.2, 0) is 30.7 Å². The third-order valence-corrected chi connectivity index (χ3v) is 8.32. The zero-order valence-corrected chi connectivity index (χ0v) is 27.5. The molecule has 3 nitrogen and oxygen atoms in total. The van der Waals surface area contributed by atoms with Crippen LogP contribution < -0.4 is 0 Å². The number of hydrogen-bond donors (Lipinski definition) is 0. The first-order valence-corrected chi connectivity index (χ1v) is 16.5. The number of carbonyl (C=O) groups excluding carboxylic acids is 1. The van der Waals surface area contributed by atoms with Crippen LogP contribution in [0.1, 0.15) is 73.6 Å². The molecule has 0 spiro atoms. The smallest absolute Gasteiger partial charge is 0.132 e. The summed E-state index contributed by atoms with van der Waals surface area (Å²) in [7, 11) is 8.40. The van der Waals surface area contributed by atoms with E-state index in [2.05, 4.69) is 135 Å². The molecule has 0 aliphatic heterocycles. The van der Waals surface area contributed by atoms with Gasteiger partial charge in [-0.15, -0.1) is 0 Å². The van der Waals surface area contributed by atoms with Crippen LogP contribution in [0, 0.1) is 0 Å². The van der Waals surface area contributed by atoms with E-state index in [1.165, 1.54) is 44.5 Å². The van der Waals surface area contributed by atoms with Gasteiger partial charge in [-0.25, -0.2) is 0 Å². The van der Waals surface area contributed by atoms with Crippen LogP contribution in [0.2, 0.25) is 0 Å². The third kappa shape index (κ3) is 11.5. The maximum absolute atomic E-state index is 12.4. The summed E-state index contributed by atoms with van der Waals surface area (Å²) < 4.78 is 0. The summed E-state index contributed by atoms with van der Waals surface area (Å²) in [5.41, 5.74) is 10.5. The van der Waals surface area contributed by atoms with Crippen molar-refractivity contribution in [2.24, 2.45) is 0 Å². The maximum Gasteiger partial charge on any atom is 0.132 e. The summed E-state index contributed by atoms with van der Waals surface area (Å²) in [5.74, 6) is 0.437. The fraction of sp³-hybridized carbons (Fsp3) is 0.390.